The third-order valence-corrected chi connectivity index (χ3v) is 3.16. The Bertz CT molecular complexity index is 514. The van der Waals surface area contributed by atoms with E-state index in [1.165, 1.54) is 0 Å². The number of halogens is 2. The first-order valence-corrected chi connectivity index (χ1v) is 6.71. The maximum absolute atomic E-state index is 12.0. The molecule has 1 N–H and O–H groups in total. The van der Waals surface area contributed by atoms with Gasteiger partial charge in [0.2, 0.25) is 0 Å². The molecule has 0 saturated carbocycles. The fourth-order valence-corrected chi connectivity index (χ4v) is 1.95. The van der Waals surface area contributed by atoms with Crippen molar-refractivity contribution in [2.24, 2.45) is 7.05 Å². The molecule has 0 fully saturated rings. The molecule has 0 aliphatic carbocycles. The largest absolute Gasteiger partial charge is 0.464 e. The quantitative estimate of drug-likeness (QED) is 0.846. The number of furan rings is 1. The molecule has 5 nitrogen and oxygen atoms in total. The lowest BCUT2D eigenvalue weighted by molar-refractivity contribution is 0.251. The maximum atomic E-state index is 12.0. The van der Waals surface area contributed by atoms with Crippen molar-refractivity contribution in [2.45, 2.75) is 24.6 Å². The van der Waals surface area contributed by atoms with E-state index in [0.717, 1.165) is 5.82 Å². The lowest BCUT2D eigenvalue weighted by Gasteiger charge is -2.02. The summed E-state index contributed by atoms with van der Waals surface area (Å²) in [5.74, 6) is -0.101. The number of nitrogens with one attached hydrogen (secondary N) is 1. The summed E-state index contributed by atoms with van der Waals surface area (Å²) in [7, 11) is 1.86. The average Bonchev–Trinajstić information content (AvgIpc) is 2.97. The Balaban J connectivity index is 1.76. The number of thioether (sulfide) groups is 1. The molecule has 19 heavy (non-hydrogen) atoms. The first-order chi connectivity index (χ1) is 9.15. The minimum Gasteiger partial charge on any atom is -0.464 e. The van der Waals surface area contributed by atoms with Crippen LogP contribution in [0.3, 0.4) is 0 Å². The van der Waals surface area contributed by atoms with Crippen LogP contribution < -0.4 is 5.32 Å². The van der Waals surface area contributed by atoms with Crippen LogP contribution in [0.5, 0.6) is 0 Å². The van der Waals surface area contributed by atoms with E-state index in [1.807, 2.05) is 11.6 Å². The van der Waals surface area contributed by atoms with Gasteiger partial charge in [0.05, 0.1) is 18.8 Å². The van der Waals surface area contributed by atoms with E-state index in [-0.39, 0.29) is 5.75 Å². The first-order valence-electron chi connectivity index (χ1n) is 5.66. The molecule has 2 rings (SSSR count). The predicted molar refractivity (Wildman–Crippen MR) is 67.6 cm³/mol. The van der Waals surface area contributed by atoms with Gasteiger partial charge in [-0.2, -0.15) is 8.78 Å². The van der Waals surface area contributed by atoms with Crippen LogP contribution in [0.25, 0.3) is 0 Å². The second kappa shape index (κ2) is 6.67. The molecule has 0 radical (unpaired) electrons. The third-order valence-electron chi connectivity index (χ3n) is 2.46. The molecule has 0 spiro atoms. The van der Waals surface area contributed by atoms with Crippen molar-refractivity contribution in [1.82, 2.24) is 20.1 Å². The van der Waals surface area contributed by atoms with Crippen LogP contribution in [-0.4, -0.2) is 20.5 Å². The fraction of sp³-hybridized carbons (Fsp3) is 0.455. The minimum absolute atomic E-state index is 0.182. The van der Waals surface area contributed by atoms with E-state index in [9.17, 15) is 8.78 Å². The van der Waals surface area contributed by atoms with E-state index >= 15 is 0 Å². The first kappa shape index (κ1) is 14.0. The van der Waals surface area contributed by atoms with Crippen LogP contribution in [0, 0.1) is 0 Å². The summed E-state index contributed by atoms with van der Waals surface area (Å²) in [6.07, 6.45) is 1.63. The Kier molecular flexibility index (Phi) is 4.92. The van der Waals surface area contributed by atoms with Crippen molar-refractivity contribution >= 4 is 11.8 Å². The van der Waals surface area contributed by atoms with Crippen molar-refractivity contribution in [3.63, 3.8) is 0 Å². The topological polar surface area (TPSA) is 55.9 Å². The Morgan fingerprint density at radius 3 is 2.84 bits per heavy atom. The molecule has 2 aromatic heterocycles. The van der Waals surface area contributed by atoms with Gasteiger partial charge in [0, 0.05) is 7.05 Å². The van der Waals surface area contributed by atoms with Crippen LogP contribution in [0.4, 0.5) is 8.78 Å². The zero-order valence-corrected chi connectivity index (χ0v) is 11.2. The van der Waals surface area contributed by atoms with Gasteiger partial charge in [0.1, 0.15) is 23.7 Å². The average molecular weight is 288 g/mol. The summed E-state index contributed by atoms with van der Waals surface area (Å²) >= 11 is 0.552. The number of alkyl halides is 2. The van der Waals surface area contributed by atoms with Gasteiger partial charge in [0.25, 0.3) is 5.76 Å². The molecule has 2 aromatic rings. The van der Waals surface area contributed by atoms with Gasteiger partial charge >= 0.3 is 0 Å². The molecular formula is C11H14F2N4OS. The number of hydrogen-bond donors (Lipinski definition) is 1. The highest BCUT2D eigenvalue weighted by atomic mass is 32.2. The molecule has 0 atom stereocenters. The summed E-state index contributed by atoms with van der Waals surface area (Å²) in [6.45, 7) is 1.09. The van der Waals surface area contributed by atoms with Gasteiger partial charge in [-0.3, -0.25) is 0 Å². The third kappa shape index (κ3) is 4.32. The second-order valence-electron chi connectivity index (χ2n) is 3.90. The lowest BCUT2D eigenvalue weighted by Crippen LogP contribution is -2.15. The Labute approximate surface area is 113 Å². The predicted octanol–water partition coefficient (Wildman–Crippen LogP) is 2.15. The fourth-order valence-electron chi connectivity index (χ4n) is 1.50. The van der Waals surface area contributed by atoms with E-state index in [2.05, 4.69) is 15.5 Å². The molecular weight excluding hydrogens is 274 g/mol. The van der Waals surface area contributed by atoms with Gasteiger partial charge in [-0.25, -0.2) is 0 Å². The number of aryl methyl sites for hydroxylation is 1. The molecule has 0 aliphatic heterocycles. The molecule has 104 valence electrons. The maximum Gasteiger partial charge on any atom is 0.284 e. The van der Waals surface area contributed by atoms with Gasteiger partial charge in [-0.1, -0.05) is 11.8 Å². The molecule has 0 unspecified atom stereocenters. The number of rotatable bonds is 7. The number of nitrogens with zero attached hydrogens (tertiary/aromatic N) is 3. The highest BCUT2D eigenvalue weighted by Crippen LogP contribution is 2.21. The van der Waals surface area contributed by atoms with Gasteiger partial charge in [-0.15, -0.1) is 10.2 Å². The Morgan fingerprint density at radius 1 is 1.37 bits per heavy atom. The van der Waals surface area contributed by atoms with Gasteiger partial charge in [-0.05, 0) is 12.1 Å². The van der Waals surface area contributed by atoms with Gasteiger partial charge < -0.3 is 14.3 Å². The standard InChI is InChI=1S/C11H14F2N4OS/c1-17-7-15-16-10(17)5-14-4-8-2-3-9(18-8)6-19-11(12)13/h2-3,7,11,14H,4-6H2,1H3. The van der Waals surface area contributed by atoms with Crippen LogP contribution in [0.15, 0.2) is 22.9 Å². The van der Waals surface area contributed by atoms with E-state index < -0.39 is 5.76 Å². The van der Waals surface area contributed by atoms with Crippen LogP contribution >= 0.6 is 11.8 Å². The minimum atomic E-state index is -2.37. The summed E-state index contributed by atoms with van der Waals surface area (Å²) < 4.78 is 31.3. The Morgan fingerprint density at radius 2 is 2.16 bits per heavy atom. The highest BCUT2D eigenvalue weighted by molar-refractivity contribution is 7.98. The van der Waals surface area contributed by atoms with E-state index in [4.69, 9.17) is 4.42 Å². The van der Waals surface area contributed by atoms with Crippen LogP contribution in [-0.2, 0) is 25.9 Å². The monoisotopic (exact) mass is 288 g/mol. The van der Waals surface area contributed by atoms with E-state index in [0.29, 0.717) is 36.4 Å². The van der Waals surface area contributed by atoms with Crippen molar-refractivity contribution < 1.29 is 13.2 Å². The van der Waals surface area contributed by atoms with Crippen LogP contribution in [0.2, 0.25) is 0 Å². The Hall–Kier alpha value is -1.41. The normalized spacial score (nSPS) is 11.4. The smallest absolute Gasteiger partial charge is 0.284 e. The summed E-state index contributed by atoms with van der Waals surface area (Å²) in [6, 6.07) is 3.50. The van der Waals surface area contributed by atoms with E-state index in [1.54, 1.807) is 18.5 Å². The molecule has 0 saturated heterocycles. The molecule has 0 aromatic carbocycles. The zero-order chi connectivity index (χ0) is 13.7. The molecule has 8 heteroatoms. The summed E-state index contributed by atoms with van der Waals surface area (Å²) in [5.41, 5.74) is 0. The summed E-state index contributed by atoms with van der Waals surface area (Å²) in [5, 5.41) is 10.9. The van der Waals surface area contributed by atoms with Crippen LogP contribution in [0.1, 0.15) is 17.3 Å². The second-order valence-corrected chi connectivity index (χ2v) is 4.88. The summed E-state index contributed by atoms with van der Waals surface area (Å²) in [4.78, 5) is 0. The number of hydrogen-bond acceptors (Lipinski definition) is 5. The lowest BCUT2D eigenvalue weighted by atomic mass is 10.4. The zero-order valence-electron chi connectivity index (χ0n) is 10.3. The molecule has 2 heterocycles. The number of aromatic nitrogens is 3. The highest BCUT2D eigenvalue weighted by Gasteiger charge is 2.07. The molecule has 0 aliphatic rings. The SMILES string of the molecule is Cn1cnnc1CNCc1ccc(CSC(F)F)o1. The van der Waals surface area contributed by atoms with Crippen molar-refractivity contribution in [3.05, 3.63) is 35.8 Å². The van der Waals surface area contributed by atoms with Crippen molar-refractivity contribution in [2.75, 3.05) is 0 Å². The van der Waals surface area contributed by atoms with Crippen molar-refractivity contribution in [1.29, 1.82) is 0 Å². The molecule has 0 amide bonds. The van der Waals surface area contributed by atoms with Gasteiger partial charge in [0.15, 0.2) is 0 Å². The van der Waals surface area contributed by atoms with Crippen molar-refractivity contribution in [3.8, 4) is 0 Å². The molecule has 0 bridgehead atoms.